The van der Waals surface area contributed by atoms with E-state index in [1.807, 2.05) is 0 Å². The lowest BCUT2D eigenvalue weighted by atomic mass is 10.2. The number of nitro groups is 1. The highest BCUT2D eigenvalue weighted by Gasteiger charge is 2.26. The number of rotatable bonds is 3. The standard InChI is InChI=1S/C7H4Cl2F2N2O2/c8-2-3-1-4(13(14)15)5(7(10)11)6(9)12-3/h1,7H,2H2. The molecule has 0 saturated carbocycles. The minimum Gasteiger partial charge on any atom is -0.258 e. The Hall–Kier alpha value is -1.01. The summed E-state index contributed by atoms with van der Waals surface area (Å²) in [5.41, 5.74) is -1.56. The molecule has 4 nitrogen and oxygen atoms in total. The number of pyridine rings is 1. The summed E-state index contributed by atoms with van der Waals surface area (Å²) >= 11 is 10.8. The first kappa shape index (κ1) is 12.1. The van der Waals surface area contributed by atoms with E-state index in [2.05, 4.69) is 4.98 Å². The Labute approximate surface area is 93.0 Å². The van der Waals surface area contributed by atoms with Crippen molar-refractivity contribution in [3.63, 3.8) is 0 Å². The minimum atomic E-state index is -3.05. The van der Waals surface area contributed by atoms with Gasteiger partial charge in [-0.2, -0.15) is 0 Å². The minimum absolute atomic E-state index is 0.0813. The first-order chi connectivity index (χ1) is 6.97. The van der Waals surface area contributed by atoms with E-state index >= 15 is 0 Å². The number of halogens is 4. The van der Waals surface area contributed by atoms with Gasteiger partial charge in [0.15, 0.2) is 0 Å². The maximum Gasteiger partial charge on any atom is 0.283 e. The van der Waals surface area contributed by atoms with E-state index in [4.69, 9.17) is 23.2 Å². The van der Waals surface area contributed by atoms with Crippen LogP contribution in [0.2, 0.25) is 5.15 Å². The smallest absolute Gasteiger partial charge is 0.258 e. The summed E-state index contributed by atoms with van der Waals surface area (Å²) in [5, 5.41) is 9.90. The molecule has 0 radical (unpaired) electrons. The van der Waals surface area contributed by atoms with Crippen molar-refractivity contribution in [1.82, 2.24) is 4.98 Å². The second-order valence-electron chi connectivity index (χ2n) is 2.53. The van der Waals surface area contributed by atoms with Crippen LogP contribution in [0.5, 0.6) is 0 Å². The monoisotopic (exact) mass is 256 g/mol. The van der Waals surface area contributed by atoms with Gasteiger partial charge in [0.05, 0.1) is 16.5 Å². The van der Waals surface area contributed by atoms with Gasteiger partial charge in [-0.25, -0.2) is 13.8 Å². The molecule has 0 amide bonds. The van der Waals surface area contributed by atoms with E-state index in [1.165, 1.54) is 0 Å². The van der Waals surface area contributed by atoms with Crippen LogP contribution in [0.4, 0.5) is 14.5 Å². The molecule has 0 aromatic carbocycles. The fraction of sp³-hybridized carbons (Fsp3) is 0.286. The van der Waals surface area contributed by atoms with Crippen LogP contribution >= 0.6 is 23.2 Å². The molecule has 1 heterocycles. The summed E-state index contributed by atoms with van der Waals surface area (Å²) in [6, 6.07) is 0.889. The van der Waals surface area contributed by atoms with Crippen molar-refractivity contribution >= 4 is 28.9 Å². The van der Waals surface area contributed by atoms with E-state index in [-0.39, 0.29) is 11.6 Å². The molecular weight excluding hydrogens is 253 g/mol. The third-order valence-corrected chi connectivity index (χ3v) is 2.16. The van der Waals surface area contributed by atoms with Gasteiger partial charge in [0.25, 0.3) is 12.1 Å². The topological polar surface area (TPSA) is 56.0 Å². The van der Waals surface area contributed by atoms with Crippen LogP contribution in [0.15, 0.2) is 6.07 Å². The molecule has 0 aliphatic heterocycles. The van der Waals surface area contributed by atoms with Crippen LogP contribution in [0.1, 0.15) is 17.7 Å². The van der Waals surface area contributed by atoms with Gasteiger partial charge in [-0.05, 0) is 0 Å². The second kappa shape index (κ2) is 4.67. The average molecular weight is 257 g/mol. The Morgan fingerprint density at radius 2 is 2.20 bits per heavy atom. The zero-order chi connectivity index (χ0) is 11.6. The Kier molecular flexibility index (Phi) is 3.76. The first-order valence-corrected chi connectivity index (χ1v) is 4.56. The Morgan fingerprint density at radius 3 is 2.60 bits per heavy atom. The molecule has 0 atom stereocenters. The molecule has 1 aromatic heterocycles. The number of hydrogen-bond acceptors (Lipinski definition) is 3. The molecule has 0 fully saturated rings. The molecule has 0 saturated heterocycles. The maximum atomic E-state index is 12.4. The molecule has 0 aliphatic carbocycles. The molecular formula is C7H4Cl2F2N2O2. The van der Waals surface area contributed by atoms with E-state index < -0.39 is 27.8 Å². The van der Waals surface area contributed by atoms with Crippen molar-refractivity contribution in [1.29, 1.82) is 0 Å². The zero-order valence-corrected chi connectivity index (χ0v) is 8.60. The highest BCUT2D eigenvalue weighted by Crippen LogP contribution is 2.34. The Balaban J connectivity index is 3.42. The van der Waals surface area contributed by atoms with E-state index in [0.717, 1.165) is 6.07 Å². The van der Waals surface area contributed by atoms with Crippen molar-refractivity contribution in [3.05, 3.63) is 32.6 Å². The molecule has 0 unspecified atom stereocenters. The third-order valence-electron chi connectivity index (χ3n) is 1.60. The number of nitrogens with zero attached hydrogens (tertiary/aromatic N) is 2. The summed E-state index contributed by atoms with van der Waals surface area (Å²) in [7, 11) is 0. The third kappa shape index (κ3) is 2.51. The molecule has 0 N–H and O–H groups in total. The van der Waals surface area contributed by atoms with Crippen LogP contribution in [0, 0.1) is 10.1 Å². The Bertz CT molecular complexity index is 401. The molecule has 0 spiro atoms. The summed E-state index contributed by atoms with van der Waals surface area (Å²) in [4.78, 5) is 13.1. The van der Waals surface area contributed by atoms with Crippen LogP contribution in [0.25, 0.3) is 0 Å². The summed E-state index contributed by atoms with van der Waals surface area (Å²) in [6.07, 6.45) is -3.05. The summed E-state index contributed by atoms with van der Waals surface area (Å²) in [5.74, 6) is -0.135. The average Bonchev–Trinajstić information content (AvgIpc) is 2.15. The first-order valence-electron chi connectivity index (χ1n) is 3.65. The van der Waals surface area contributed by atoms with Crippen LogP contribution in [-0.4, -0.2) is 9.91 Å². The largest absolute Gasteiger partial charge is 0.283 e. The molecule has 1 aromatic rings. The number of alkyl halides is 3. The van der Waals surface area contributed by atoms with E-state index in [0.29, 0.717) is 0 Å². The lowest BCUT2D eigenvalue weighted by molar-refractivity contribution is -0.386. The quantitative estimate of drug-likeness (QED) is 0.361. The van der Waals surface area contributed by atoms with Gasteiger partial charge in [0.1, 0.15) is 10.7 Å². The predicted octanol–water partition coefficient (Wildman–Crippen LogP) is 3.32. The van der Waals surface area contributed by atoms with Crippen molar-refractivity contribution in [3.8, 4) is 0 Å². The normalized spacial score (nSPS) is 10.7. The highest BCUT2D eigenvalue weighted by atomic mass is 35.5. The maximum absolute atomic E-state index is 12.4. The Morgan fingerprint density at radius 1 is 1.60 bits per heavy atom. The van der Waals surface area contributed by atoms with Crippen molar-refractivity contribution < 1.29 is 13.7 Å². The number of hydrogen-bond donors (Lipinski definition) is 0. The fourth-order valence-corrected chi connectivity index (χ4v) is 1.41. The lowest BCUT2D eigenvalue weighted by Gasteiger charge is -2.05. The van der Waals surface area contributed by atoms with Crippen LogP contribution in [-0.2, 0) is 5.88 Å². The van der Waals surface area contributed by atoms with Gasteiger partial charge in [-0.3, -0.25) is 10.1 Å². The summed E-state index contributed by atoms with van der Waals surface area (Å²) in [6.45, 7) is 0. The van der Waals surface area contributed by atoms with E-state index in [1.54, 1.807) is 0 Å². The molecule has 0 aliphatic rings. The van der Waals surface area contributed by atoms with Crippen LogP contribution < -0.4 is 0 Å². The molecule has 1 rings (SSSR count). The van der Waals surface area contributed by atoms with Crippen molar-refractivity contribution in [2.75, 3.05) is 0 Å². The lowest BCUT2D eigenvalue weighted by Crippen LogP contribution is -2.01. The molecule has 0 bridgehead atoms. The van der Waals surface area contributed by atoms with Gasteiger partial charge in [-0.1, -0.05) is 11.6 Å². The number of aromatic nitrogens is 1. The molecule has 8 heteroatoms. The zero-order valence-electron chi connectivity index (χ0n) is 7.08. The van der Waals surface area contributed by atoms with Crippen molar-refractivity contribution in [2.24, 2.45) is 0 Å². The predicted molar refractivity (Wildman–Crippen MR) is 50.4 cm³/mol. The van der Waals surface area contributed by atoms with Gasteiger partial charge < -0.3 is 0 Å². The van der Waals surface area contributed by atoms with Crippen LogP contribution in [0.3, 0.4) is 0 Å². The van der Waals surface area contributed by atoms with Gasteiger partial charge in [0.2, 0.25) is 0 Å². The SMILES string of the molecule is O=[N+]([O-])c1cc(CCl)nc(Cl)c1C(F)F. The fourth-order valence-electron chi connectivity index (χ4n) is 0.981. The summed E-state index contributed by atoms with van der Waals surface area (Å²) < 4.78 is 24.8. The van der Waals surface area contributed by atoms with Gasteiger partial charge in [0, 0.05) is 6.07 Å². The molecule has 15 heavy (non-hydrogen) atoms. The van der Waals surface area contributed by atoms with E-state index in [9.17, 15) is 18.9 Å². The van der Waals surface area contributed by atoms with Crippen molar-refractivity contribution in [2.45, 2.75) is 12.3 Å². The van der Waals surface area contributed by atoms with Gasteiger partial charge >= 0.3 is 0 Å². The second-order valence-corrected chi connectivity index (χ2v) is 3.15. The highest BCUT2D eigenvalue weighted by molar-refractivity contribution is 6.30. The molecule has 82 valence electrons. The van der Waals surface area contributed by atoms with Gasteiger partial charge in [-0.15, -0.1) is 11.6 Å².